The number of rotatable bonds is 6. The summed E-state index contributed by atoms with van der Waals surface area (Å²) >= 11 is 0. The van der Waals surface area contributed by atoms with Gasteiger partial charge in [0.25, 0.3) is 0 Å². The van der Waals surface area contributed by atoms with E-state index in [1.54, 1.807) is 24.7 Å². The van der Waals surface area contributed by atoms with E-state index in [0.29, 0.717) is 5.58 Å². The van der Waals surface area contributed by atoms with Crippen LogP contribution in [0.4, 0.5) is 0 Å². The monoisotopic (exact) mass is 285 g/mol. The lowest BCUT2D eigenvalue weighted by Crippen LogP contribution is -2.18. The first kappa shape index (κ1) is 13.4. The smallest absolute Gasteiger partial charge is 0.371 e. The van der Waals surface area contributed by atoms with E-state index in [1.165, 1.54) is 0 Å². The summed E-state index contributed by atoms with van der Waals surface area (Å²) in [5.41, 5.74) is 1.68. The Bertz CT molecular complexity index is 747. The van der Waals surface area contributed by atoms with Gasteiger partial charge in [0.1, 0.15) is 5.58 Å². The van der Waals surface area contributed by atoms with Gasteiger partial charge in [-0.25, -0.2) is 9.78 Å². The van der Waals surface area contributed by atoms with Gasteiger partial charge in [0, 0.05) is 37.4 Å². The van der Waals surface area contributed by atoms with E-state index in [1.807, 2.05) is 22.9 Å². The van der Waals surface area contributed by atoms with Gasteiger partial charge in [0.15, 0.2) is 0 Å². The number of benzene rings is 1. The van der Waals surface area contributed by atoms with Crippen LogP contribution in [0.2, 0.25) is 0 Å². The van der Waals surface area contributed by atoms with Crippen molar-refractivity contribution in [3.63, 3.8) is 0 Å². The molecule has 0 aliphatic heterocycles. The molecule has 0 bridgehead atoms. The molecular formula is C15H15N3O3. The molecule has 3 rings (SSSR count). The average Bonchev–Trinajstić information content (AvgIpc) is 3.12. The molecule has 108 valence electrons. The van der Waals surface area contributed by atoms with Gasteiger partial charge < -0.3 is 19.4 Å². The van der Waals surface area contributed by atoms with Crippen molar-refractivity contribution in [2.45, 2.75) is 13.1 Å². The van der Waals surface area contributed by atoms with Gasteiger partial charge in [-0.2, -0.15) is 0 Å². The number of carbonyl (C=O) groups is 1. The number of aromatic nitrogens is 2. The molecule has 3 aromatic rings. The lowest BCUT2D eigenvalue weighted by Gasteiger charge is -2.05. The van der Waals surface area contributed by atoms with Crippen LogP contribution in [0.1, 0.15) is 16.1 Å². The van der Waals surface area contributed by atoms with Gasteiger partial charge in [0.05, 0.1) is 6.33 Å². The Balaban J connectivity index is 1.60. The first-order valence-corrected chi connectivity index (χ1v) is 6.64. The third kappa shape index (κ3) is 3.11. The summed E-state index contributed by atoms with van der Waals surface area (Å²) in [7, 11) is 0. The van der Waals surface area contributed by atoms with Crippen LogP contribution in [0.5, 0.6) is 0 Å². The molecule has 6 nitrogen and oxygen atoms in total. The Hall–Kier alpha value is -2.60. The van der Waals surface area contributed by atoms with Gasteiger partial charge in [-0.15, -0.1) is 0 Å². The highest BCUT2D eigenvalue weighted by Crippen LogP contribution is 2.20. The second-order valence-electron chi connectivity index (χ2n) is 4.77. The molecule has 2 aromatic heterocycles. The maximum Gasteiger partial charge on any atom is 0.371 e. The molecule has 1 aromatic carbocycles. The first-order chi connectivity index (χ1) is 10.2. The van der Waals surface area contributed by atoms with E-state index in [0.717, 1.165) is 30.6 Å². The first-order valence-electron chi connectivity index (χ1n) is 6.64. The summed E-state index contributed by atoms with van der Waals surface area (Å²) in [4.78, 5) is 14.9. The van der Waals surface area contributed by atoms with Crippen LogP contribution in [0.15, 0.2) is 47.4 Å². The Morgan fingerprint density at radius 1 is 1.38 bits per heavy atom. The minimum Gasteiger partial charge on any atom is -0.475 e. The van der Waals surface area contributed by atoms with Crippen LogP contribution >= 0.6 is 0 Å². The zero-order valence-electron chi connectivity index (χ0n) is 11.3. The van der Waals surface area contributed by atoms with Crippen molar-refractivity contribution in [2.24, 2.45) is 0 Å². The quantitative estimate of drug-likeness (QED) is 0.678. The lowest BCUT2D eigenvalue weighted by molar-refractivity contribution is 0.0665. The molecule has 21 heavy (non-hydrogen) atoms. The van der Waals surface area contributed by atoms with Gasteiger partial charge >= 0.3 is 5.97 Å². The standard InChI is InChI=1S/C15H15N3O3/c19-15(20)14-8-12-7-11(1-2-13(12)21-14)9-16-3-5-18-6-4-17-10-18/h1-2,4,6-8,10,16H,3,5,9H2,(H,19,20). The number of hydrogen-bond acceptors (Lipinski definition) is 4. The molecule has 0 spiro atoms. The Kier molecular flexibility index (Phi) is 3.70. The maximum absolute atomic E-state index is 10.9. The number of hydrogen-bond donors (Lipinski definition) is 2. The molecule has 6 heteroatoms. The molecule has 0 aliphatic rings. The predicted molar refractivity (Wildman–Crippen MR) is 77.1 cm³/mol. The Morgan fingerprint density at radius 2 is 2.29 bits per heavy atom. The summed E-state index contributed by atoms with van der Waals surface area (Å²) in [5, 5.41) is 13.1. The number of carboxylic acids is 1. The summed E-state index contributed by atoms with van der Waals surface area (Å²) in [6.45, 7) is 2.41. The van der Waals surface area contributed by atoms with Gasteiger partial charge in [0.2, 0.25) is 5.76 Å². The van der Waals surface area contributed by atoms with E-state index in [-0.39, 0.29) is 5.76 Å². The fourth-order valence-corrected chi connectivity index (χ4v) is 2.17. The molecule has 0 radical (unpaired) electrons. The zero-order chi connectivity index (χ0) is 14.7. The third-order valence-electron chi connectivity index (χ3n) is 3.23. The van der Waals surface area contributed by atoms with Crippen molar-refractivity contribution in [3.8, 4) is 0 Å². The van der Waals surface area contributed by atoms with Crippen LogP contribution in [0, 0.1) is 0 Å². The number of nitrogens with zero attached hydrogens (tertiary/aromatic N) is 2. The fraction of sp³-hybridized carbons (Fsp3) is 0.200. The molecule has 0 saturated carbocycles. The normalized spacial score (nSPS) is 11.0. The topological polar surface area (TPSA) is 80.3 Å². The molecular weight excluding hydrogens is 270 g/mol. The van der Waals surface area contributed by atoms with Gasteiger partial charge in [-0.05, 0) is 23.8 Å². The van der Waals surface area contributed by atoms with Crippen molar-refractivity contribution in [3.05, 3.63) is 54.3 Å². The summed E-state index contributed by atoms with van der Waals surface area (Å²) in [6, 6.07) is 7.22. The number of carboxylic acid groups (broad SMARTS) is 1. The van der Waals surface area contributed by atoms with Gasteiger partial charge in [-0.3, -0.25) is 0 Å². The van der Waals surface area contributed by atoms with Gasteiger partial charge in [-0.1, -0.05) is 6.07 Å². The Labute approximate surface area is 121 Å². The molecule has 2 heterocycles. The van der Waals surface area contributed by atoms with E-state index in [9.17, 15) is 4.79 Å². The summed E-state index contributed by atoms with van der Waals surface area (Å²) < 4.78 is 7.23. The summed E-state index contributed by atoms with van der Waals surface area (Å²) in [6.07, 6.45) is 5.46. The highest BCUT2D eigenvalue weighted by molar-refractivity contribution is 5.91. The van der Waals surface area contributed by atoms with E-state index < -0.39 is 5.97 Å². The molecule has 0 amide bonds. The number of aromatic carboxylic acids is 1. The van der Waals surface area contributed by atoms with Crippen molar-refractivity contribution in [1.29, 1.82) is 0 Å². The fourth-order valence-electron chi connectivity index (χ4n) is 2.17. The SMILES string of the molecule is O=C(O)c1cc2cc(CNCCn3ccnc3)ccc2o1. The van der Waals surface area contributed by atoms with Crippen LogP contribution < -0.4 is 5.32 Å². The molecule has 0 saturated heterocycles. The predicted octanol–water partition coefficient (Wildman–Crippen LogP) is 2.12. The zero-order valence-corrected chi connectivity index (χ0v) is 11.3. The van der Waals surface area contributed by atoms with Crippen LogP contribution in [-0.2, 0) is 13.1 Å². The van der Waals surface area contributed by atoms with Crippen molar-refractivity contribution >= 4 is 16.9 Å². The molecule has 2 N–H and O–H groups in total. The molecule has 0 aliphatic carbocycles. The third-order valence-corrected chi connectivity index (χ3v) is 3.23. The summed E-state index contributed by atoms with van der Waals surface area (Å²) in [5.74, 6) is -1.08. The Morgan fingerprint density at radius 3 is 3.05 bits per heavy atom. The minimum absolute atomic E-state index is 0.0322. The average molecular weight is 285 g/mol. The number of nitrogens with one attached hydrogen (secondary N) is 1. The number of fused-ring (bicyclic) bond motifs is 1. The lowest BCUT2D eigenvalue weighted by atomic mass is 10.1. The number of imidazole rings is 1. The second kappa shape index (κ2) is 5.80. The highest BCUT2D eigenvalue weighted by atomic mass is 16.4. The number of furan rings is 1. The van der Waals surface area contributed by atoms with E-state index >= 15 is 0 Å². The van der Waals surface area contributed by atoms with E-state index in [2.05, 4.69) is 10.3 Å². The molecule has 0 atom stereocenters. The molecule has 0 unspecified atom stereocenters. The van der Waals surface area contributed by atoms with Crippen molar-refractivity contribution in [1.82, 2.24) is 14.9 Å². The molecule has 0 fully saturated rings. The van der Waals surface area contributed by atoms with Crippen molar-refractivity contribution in [2.75, 3.05) is 6.54 Å². The minimum atomic E-state index is -1.05. The van der Waals surface area contributed by atoms with E-state index in [4.69, 9.17) is 9.52 Å². The largest absolute Gasteiger partial charge is 0.475 e. The van der Waals surface area contributed by atoms with Crippen LogP contribution in [0.3, 0.4) is 0 Å². The van der Waals surface area contributed by atoms with Crippen LogP contribution in [-0.4, -0.2) is 27.2 Å². The van der Waals surface area contributed by atoms with Crippen molar-refractivity contribution < 1.29 is 14.3 Å². The second-order valence-corrected chi connectivity index (χ2v) is 4.77. The van der Waals surface area contributed by atoms with Crippen LogP contribution in [0.25, 0.3) is 11.0 Å². The maximum atomic E-state index is 10.9. The highest BCUT2D eigenvalue weighted by Gasteiger charge is 2.10.